The number of nitrogens with zero attached hydrogens (tertiary/aromatic N) is 1. The Labute approximate surface area is 231 Å². The summed E-state index contributed by atoms with van der Waals surface area (Å²) < 4.78 is 14.7. The van der Waals surface area contributed by atoms with Crippen LogP contribution in [0.5, 0.6) is 11.5 Å². The Morgan fingerprint density at radius 3 is 1.59 bits per heavy atom. The van der Waals surface area contributed by atoms with Crippen LogP contribution in [0.3, 0.4) is 0 Å². The Bertz CT molecular complexity index is 1900. The van der Waals surface area contributed by atoms with Crippen LogP contribution in [0.25, 0.3) is 27.5 Å². The van der Waals surface area contributed by atoms with E-state index in [1.807, 2.05) is 0 Å². The SMILES string of the molecule is c1cc[c]([Sn]2([c]3ccccc3)[c]3ccccc3Oc3cc(-n4c5ccccc5c5ccccc54)cc[c]32)cc1. The molecule has 0 radical (unpaired) electrons. The van der Waals surface area contributed by atoms with Crippen LogP contribution in [0.4, 0.5) is 0 Å². The van der Waals surface area contributed by atoms with Crippen molar-refractivity contribution >= 4 is 54.5 Å². The zero-order chi connectivity index (χ0) is 25.8. The van der Waals surface area contributed by atoms with Crippen LogP contribution in [0.15, 0.2) is 152 Å². The Hall–Kier alpha value is -4.28. The van der Waals surface area contributed by atoms with Crippen molar-refractivity contribution in [3.63, 3.8) is 0 Å². The van der Waals surface area contributed by atoms with Crippen LogP contribution in [-0.2, 0) is 0 Å². The van der Waals surface area contributed by atoms with Crippen LogP contribution >= 0.6 is 0 Å². The monoisotopic (exact) mass is 607 g/mol. The van der Waals surface area contributed by atoms with E-state index in [1.54, 1.807) is 0 Å². The van der Waals surface area contributed by atoms with E-state index in [0.29, 0.717) is 0 Å². The molecule has 1 aromatic heterocycles. The van der Waals surface area contributed by atoms with Crippen LogP contribution in [0, 0.1) is 0 Å². The summed E-state index contributed by atoms with van der Waals surface area (Å²) in [5.41, 5.74) is 3.53. The average molecular weight is 606 g/mol. The van der Waals surface area contributed by atoms with E-state index in [4.69, 9.17) is 4.74 Å². The molecule has 1 aliphatic rings. The molecule has 0 aliphatic carbocycles. The maximum absolute atomic E-state index is 6.78. The summed E-state index contributed by atoms with van der Waals surface area (Å²) in [6.07, 6.45) is 0. The number of para-hydroxylation sites is 3. The first-order valence-corrected chi connectivity index (χ1v) is 19.1. The van der Waals surface area contributed by atoms with E-state index in [2.05, 4.69) is 156 Å². The maximum atomic E-state index is 6.78. The van der Waals surface area contributed by atoms with Gasteiger partial charge in [-0.1, -0.05) is 0 Å². The second-order valence-corrected chi connectivity index (χ2v) is 20.8. The Balaban J connectivity index is 1.46. The first-order chi connectivity index (χ1) is 19.4. The molecule has 0 spiro atoms. The van der Waals surface area contributed by atoms with Gasteiger partial charge in [0.25, 0.3) is 0 Å². The Morgan fingerprint density at radius 1 is 0.436 bits per heavy atom. The number of hydrogen-bond donors (Lipinski definition) is 0. The molecule has 39 heavy (non-hydrogen) atoms. The first-order valence-electron chi connectivity index (χ1n) is 13.4. The summed E-state index contributed by atoms with van der Waals surface area (Å²) in [6.45, 7) is 0. The minimum absolute atomic E-state index is 0.969. The van der Waals surface area contributed by atoms with Crippen LogP contribution in [-0.4, -0.2) is 22.9 Å². The van der Waals surface area contributed by atoms with Crippen LogP contribution < -0.4 is 19.1 Å². The fourth-order valence-corrected chi connectivity index (χ4v) is 20.6. The second-order valence-electron chi connectivity index (χ2n) is 10.1. The van der Waals surface area contributed by atoms with Gasteiger partial charge in [-0.3, -0.25) is 0 Å². The van der Waals surface area contributed by atoms with Crippen LogP contribution in [0.2, 0.25) is 0 Å². The molecule has 0 saturated carbocycles. The molecular formula is C36H25NOSn. The fourth-order valence-electron chi connectivity index (χ4n) is 6.54. The number of rotatable bonds is 3. The van der Waals surface area contributed by atoms with E-state index < -0.39 is 18.4 Å². The van der Waals surface area contributed by atoms with Crippen molar-refractivity contribution in [2.24, 2.45) is 0 Å². The van der Waals surface area contributed by atoms with Gasteiger partial charge in [0.1, 0.15) is 0 Å². The summed E-state index contributed by atoms with van der Waals surface area (Å²) in [5, 5.41) is 2.53. The van der Waals surface area contributed by atoms with Gasteiger partial charge in [0.05, 0.1) is 0 Å². The van der Waals surface area contributed by atoms with Gasteiger partial charge < -0.3 is 0 Å². The van der Waals surface area contributed by atoms with E-state index in [1.165, 1.54) is 36.1 Å². The van der Waals surface area contributed by atoms with Crippen molar-refractivity contribution in [2.45, 2.75) is 0 Å². The van der Waals surface area contributed by atoms with Crippen molar-refractivity contribution in [3.05, 3.63) is 152 Å². The predicted molar refractivity (Wildman–Crippen MR) is 164 cm³/mol. The van der Waals surface area contributed by atoms with Gasteiger partial charge >= 0.3 is 233 Å². The third-order valence-corrected chi connectivity index (χ3v) is 21.9. The molecule has 0 amide bonds. The standard InChI is InChI=1S/C24H15NO.2C6H5.Sn/c1-2-10-19(11-3-1)26-20-12-8-9-18(17-20)25-23-15-6-4-13-21(23)22-14-5-7-16-24(22)25;2*1-2-4-6-5-3-1;/h1-10,13-17H;2*1-5H;. The van der Waals surface area contributed by atoms with Crippen LogP contribution in [0.1, 0.15) is 0 Å². The fraction of sp³-hybridized carbons (Fsp3) is 0. The summed E-state index contributed by atoms with van der Waals surface area (Å²) >= 11 is -3.71. The molecule has 0 saturated heterocycles. The van der Waals surface area contributed by atoms with E-state index >= 15 is 0 Å². The van der Waals surface area contributed by atoms with Gasteiger partial charge in [-0.25, -0.2) is 0 Å². The number of fused-ring (bicyclic) bond motifs is 5. The van der Waals surface area contributed by atoms with Crippen molar-refractivity contribution in [3.8, 4) is 17.2 Å². The molecule has 0 bridgehead atoms. The Morgan fingerprint density at radius 2 is 0.949 bits per heavy atom. The van der Waals surface area contributed by atoms with E-state index in [9.17, 15) is 0 Å². The predicted octanol–water partition coefficient (Wildman–Crippen LogP) is 6.27. The van der Waals surface area contributed by atoms with Gasteiger partial charge in [0.15, 0.2) is 0 Å². The average Bonchev–Trinajstić information content (AvgIpc) is 3.35. The van der Waals surface area contributed by atoms with Gasteiger partial charge in [-0.2, -0.15) is 0 Å². The van der Waals surface area contributed by atoms with Crippen molar-refractivity contribution < 1.29 is 4.74 Å². The minimum atomic E-state index is -3.71. The number of ether oxygens (including phenoxy) is 1. The van der Waals surface area contributed by atoms with E-state index in [-0.39, 0.29) is 0 Å². The second kappa shape index (κ2) is 8.89. The zero-order valence-electron chi connectivity index (χ0n) is 21.3. The quantitative estimate of drug-likeness (QED) is 0.217. The third-order valence-electron chi connectivity index (χ3n) is 8.13. The molecule has 7 aromatic rings. The third kappa shape index (κ3) is 3.28. The number of hydrogen-bond acceptors (Lipinski definition) is 1. The first kappa shape index (κ1) is 22.7. The van der Waals surface area contributed by atoms with Gasteiger partial charge in [-0.05, 0) is 0 Å². The molecule has 0 fully saturated rings. The molecule has 0 unspecified atom stereocenters. The molecule has 2 heterocycles. The van der Waals surface area contributed by atoms with Crippen molar-refractivity contribution in [1.82, 2.24) is 4.57 Å². The number of benzene rings is 6. The summed E-state index contributed by atoms with van der Waals surface area (Å²) in [4.78, 5) is 0. The van der Waals surface area contributed by atoms with Gasteiger partial charge in [0, 0.05) is 0 Å². The molecule has 8 rings (SSSR count). The molecule has 6 aromatic carbocycles. The molecule has 1 aliphatic heterocycles. The number of aromatic nitrogens is 1. The van der Waals surface area contributed by atoms with Gasteiger partial charge in [-0.15, -0.1) is 0 Å². The molecular weight excluding hydrogens is 581 g/mol. The normalized spacial score (nSPS) is 13.5. The Kier molecular flexibility index (Phi) is 5.17. The summed E-state index contributed by atoms with van der Waals surface area (Å²) in [6, 6.07) is 55.2. The zero-order valence-corrected chi connectivity index (χ0v) is 24.1. The molecule has 3 heteroatoms. The molecule has 2 nitrogen and oxygen atoms in total. The topological polar surface area (TPSA) is 14.2 Å². The van der Waals surface area contributed by atoms with Crippen molar-refractivity contribution in [2.75, 3.05) is 0 Å². The van der Waals surface area contributed by atoms with E-state index in [0.717, 1.165) is 17.2 Å². The molecule has 0 N–H and O–H groups in total. The summed E-state index contributed by atoms with van der Waals surface area (Å²) in [5.74, 6) is 1.95. The summed E-state index contributed by atoms with van der Waals surface area (Å²) in [7, 11) is 0. The van der Waals surface area contributed by atoms with Gasteiger partial charge in [0.2, 0.25) is 0 Å². The van der Waals surface area contributed by atoms with Crippen molar-refractivity contribution in [1.29, 1.82) is 0 Å². The molecule has 0 atom stereocenters. The molecule has 184 valence electrons.